The van der Waals surface area contributed by atoms with Gasteiger partial charge in [0.1, 0.15) is 0 Å². The average molecular weight is 281 g/mol. The van der Waals surface area contributed by atoms with Gasteiger partial charge in [0.15, 0.2) is 11.5 Å². The molecule has 0 saturated carbocycles. The van der Waals surface area contributed by atoms with Crippen LogP contribution in [0.5, 0.6) is 11.5 Å². The number of carbonyl (C=O) groups excluding carboxylic acids is 1. The summed E-state index contributed by atoms with van der Waals surface area (Å²) < 4.78 is -0.363. The molecule has 66 valence electrons. The van der Waals surface area contributed by atoms with Crippen molar-refractivity contribution in [3.63, 3.8) is 0 Å². The van der Waals surface area contributed by atoms with Crippen molar-refractivity contribution in [2.75, 3.05) is 0 Å². The lowest BCUT2D eigenvalue weighted by molar-refractivity contribution is 0.269. The molecule has 0 heterocycles. The number of hydrogen-bond acceptors (Lipinski definition) is 3. The topological polar surface area (TPSA) is 83.6 Å². The number of amides is 1. The Morgan fingerprint density at radius 2 is 1.50 bits per heavy atom. The summed E-state index contributed by atoms with van der Waals surface area (Å²) in [5.41, 5.74) is 4.46. The van der Waals surface area contributed by atoms with Crippen LogP contribution < -0.4 is 5.73 Å². The summed E-state index contributed by atoms with van der Waals surface area (Å²) in [6.45, 7) is 0. The second-order valence-electron chi connectivity index (χ2n) is 1.79. The molecule has 0 aliphatic carbocycles. The predicted octanol–water partition coefficient (Wildman–Crippen LogP) is 1.60. The number of phenols is 2. The molecule has 0 fully saturated rings. The quantitative estimate of drug-likeness (QED) is 0.292. The summed E-state index contributed by atoms with van der Waals surface area (Å²) in [7, 11) is 0. The number of benzene rings is 1. The van der Waals surface area contributed by atoms with Crippen LogP contribution in [0.4, 0.5) is 4.79 Å². The molecule has 0 aliphatic heterocycles. The number of phenolic OH excluding ortho intramolecular Hbond substituents is 2. The SMILES string of the molecule is NC(=O)I.Oc1ccccc1O. The van der Waals surface area contributed by atoms with Crippen molar-refractivity contribution in [2.24, 2.45) is 5.73 Å². The van der Waals surface area contributed by atoms with Gasteiger partial charge in [-0.3, -0.25) is 4.79 Å². The van der Waals surface area contributed by atoms with E-state index in [2.05, 4.69) is 5.73 Å². The van der Waals surface area contributed by atoms with Crippen molar-refractivity contribution in [1.82, 2.24) is 0 Å². The van der Waals surface area contributed by atoms with E-state index in [4.69, 9.17) is 10.2 Å². The fourth-order valence-electron chi connectivity index (χ4n) is 0.464. The highest BCUT2D eigenvalue weighted by atomic mass is 127. The summed E-state index contributed by atoms with van der Waals surface area (Å²) in [5, 5.41) is 17.3. The lowest BCUT2D eigenvalue weighted by atomic mass is 10.3. The summed E-state index contributed by atoms with van der Waals surface area (Å²) in [4.78, 5) is 9.21. The maximum atomic E-state index is 9.21. The Morgan fingerprint density at radius 1 is 1.25 bits per heavy atom. The van der Waals surface area contributed by atoms with Crippen molar-refractivity contribution < 1.29 is 15.0 Å². The van der Waals surface area contributed by atoms with Crippen LogP contribution in [-0.4, -0.2) is 14.1 Å². The number of hydrogen-bond donors (Lipinski definition) is 3. The van der Waals surface area contributed by atoms with Crippen LogP contribution in [0.25, 0.3) is 0 Å². The molecular weight excluding hydrogens is 273 g/mol. The van der Waals surface area contributed by atoms with E-state index in [1.807, 2.05) is 0 Å². The zero-order valence-corrected chi connectivity index (χ0v) is 8.22. The van der Waals surface area contributed by atoms with E-state index in [1.54, 1.807) is 12.1 Å². The first kappa shape index (κ1) is 11.0. The molecule has 0 saturated heterocycles. The van der Waals surface area contributed by atoms with Gasteiger partial charge in [0, 0.05) is 22.6 Å². The number of halogens is 1. The van der Waals surface area contributed by atoms with Gasteiger partial charge in [-0.1, -0.05) is 12.1 Å². The summed E-state index contributed by atoms with van der Waals surface area (Å²) in [6, 6.07) is 6.15. The molecule has 1 amide bonds. The molecule has 5 heteroatoms. The largest absolute Gasteiger partial charge is 0.504 e. The van der Waals surface area contributed by atoms with Crippen LogP contribution in [0, 0.1) is 0 Å². The molecule has 4 nitrogen and oxygen atoms in total. The lowest BCUT2D eigenvalue weighted by Gasteiger charge is -1.91. The highest BCUT2D eigenvalue weighted by molar-refractivity contribution is 14.1. The van der Waals surface area contributed by atoms with Crippen molar-refractivity contribution in [3.8, 4) is 11.5 Å². The molecule has 0 unspecified atom stereocenters. The van der Waals surface area contributed by atoms with Crippen LogP contribution in [0.2, 0.25) is 0 Å². The molecule has 4 N–H and O–H groups in total. The Kier molecular flexibility index (Phi) is 5.18. The Morgan fingerprint density at radius 3 is 1.67 bits per heavy atom. The van der Waals surface area contributed by atoms with E-state index < -0.39 is 0 Å². The monoisotopic (exact) mass is 281 g/mol. The molecule has 0 atom stereocenters. The van der Waals surface area contributed by atoms with E-state index in [-0.39, 0.29) is 15.4 Å². The molecule has 0 spiro atoms. The number of para-hydroxylation sites is 2. The minimum Gasteiger partial charge on any atom is -0.504 e. The van der Waals surface area contributed by atoms with Gasteiger partial charge in [0.2, 0.25) is 0 Å². The molecule has 0 bridgehead atoms. The summed E-state index contributed by atoms with van der Waals surface area (Å²) in [6.07, 6.45) is 0. The van der Waals surface area contributed by atoms with Crippen molar-refractivity contribution in [1.29, 1.82) is 0 Å². The Bertz CT molecular complexity index is 240. The van der Waals surface area contributed by atoms with Gasteiger partial charge < -0.3 is 15.9 Å². The molecule has 1 rings (SSSR count). The Labute approximate surface area is 83.2 Å². The molecule has 0 aromatic heterocycles. The van der Waals surface area contributed by atoms with Crippen LogP contribution in [0.3, 0.4) is 0 Å². The van der Waals surface area contributed by atoms with E-state index in [1.165, 1.54) is 34.7 Å². The highest BCUT2D eigenvalue weighted by Gasteiger charge is 1.90. The summed E-state index contributed by atoms with van der Waals surface area (Å²) >= 11 is 1.48. The third-order valence-electron chi connectivity index (χ3n) is 0.882. The second kappa shape index (κ2) is 5.64. The third kappa shape index (κ3) is 5.78. The molecule has 0 aliphatic rings. The van der Waals surface area contributed by atoms with E-state index in [0.717, 1.165) is 0 Å². The standard InChI is InChI=1S/C6H6O2.CH2INO/c7-5-3-1-2-4-6(5)8;2-1(3)4/h1-4,7-8H;(H2,3,4). The first-order chi connectivity index (χ1) is 5.54. The predicted molar refractivity (Wildman–Crippen MR) is 53.4 cm³/mol. The molecule has 0 radical (unpaired) electrons. The maximum Gasteiger partial charge on any atom is 0.278 e. The molecule has 1 aromatic rings. The minimum atomic E-state index is -0.363. The Balaban J connectivity index is 0.000000261. The van der Waals surface area contributed by atoms with E-state index in [9.17, 15) is 4.79 Å². The van der Waals surface area contributed by atoms with Gasteiger partial charge in [0.25, 0.3) is 3.91 Å². The number of primary amides is 1. The average Bonchev–Trinajstić information content (AvgIpc) is 1.94. The number of rotatable bonds is 0. The minimum absolute atomic E-state index is 0.0764. The van der Waals surface area contributed by atoms with Gasteiger partial charge in [0.05, 0.1) is 0 Å². The van der Waals surface area contributed by atoms with Crippen LogP contribution in [0.15, 0.2) is 24.3 Å². The fourth-order valence-corrected chi connectivity index (χ4v) is 0.464. The first-order valence-electron chi connectivity index (χ1n) is 2.96. The van der Waals surface area contributed by atoms with Gasteiger partial charge >= 0.3 is 0 Å². The zero-order valence-electron chi connectivity index (χ0n) is 6.07. The molecule has 1 aromatic carbocycles. The third-order valence-corrected chi connectivity index (χ3v) is 0.882. The zero-order chi connectivity index (χ0) is 9.56. The lowest BCUT2D eigenvalue weighted by Crippen LogP contribution is -1.93. The normalized spacial score (nSPS) is 8.08. The first-order valence-corrected chi connectivity index (χ1v) is 4.04. The van der Waals surface area contributed by atoms with Gasteiger partial charge in [-0.05, 0) is 12.1 Å². The van der Waals surface area contributed by atoms with Crippen LogP contribution >= 0.6 is 22.6 Å². The van der Waals surface area contributed by atoms with E-state index in [0.29, 0.717) is 0 Å². The highest BCUT2D eigenvalue weighted by Crippen LogP contribution is 2.21. The van der Waals surface area contributed by atoms with Crippen molar-refractivity contribution in [2.45, 2.75) is 0 Å². The van der Waals surface area contributed by atoms with Crippen molar-refractivity contribution in [3.05, 3.63) is 24.3 Å². The van der Waals surface area contributed by atoms with E-state index >= 15 is 0 Å². The summed E-state index contributed by atoms with van der Waals surface area (Å²) in [5.74, 6) is -0.153. The Hall–Kier alpha value is -0.980. The number of nitrogens with two attached hydrogens (primary N) is 1. The van der Waals surface area contributed by atoms with Crippen LogP contribution in [0.1, 0.15) is 0 Å². The molecule has 12 heavy (non-hydrogen) atoms. The number of aromatic hydroxyl groups is 2. The smallest absolute Gasteiger partial charge is 0.278 e. The second-order valence-corrected chi connectivity index (χ2v) is 2.86. The number of carbonyl (C=O) groups is 1. The van der Waals surface area contributed by atoms with Gasteiger partial charge in [-0.2, -0.15) is 0 Å². The van der Waals surface area contributed by atoms with Gasteiger partial charge in [-0.15, -0.1) is 0 Å². The van der Waals surface area contributed by atoms with Gasteiger partial charge in [-0.25, -0.2) is 0 Å². The fraction of sp³-hybridized carbons (Fsp3) is 0. The maximum absolute atomic E-state index is 9.21. The van der Waals surface area contributed by atoms with Crippen molar-refractivity contribution >= 4 is 26.5 Å². The van der Waals surface area contributed by atoms with Crippen LogP contribution in [-0.2, 0) is 0 Å². The molecular formula is C7H8INO3.